The highest BCUT2D eigenvalue weighted by molar-refractivity contribution is 5.92. The van der Waals surface area contributed by atoms with Crippen LogP contribution in [-0.4, -0.2) is 78.4 Å². The van der Waals surface area contributed by atoms with Crippen molar-refractivity contribution in [3.63, 3.8) is 0 Å². The van der Waals surface area contributed by atoms with Crippen molar-refractivity contribution in [1.29, 1.82) is 0 Å². The van der Waals surface area contributed by atoms with Crippen LogP contribution in [0.5, 0.6) is 0 Å². The molecule has 1 atom stereocenters. The Bertz CT molecular complexity index is 1200. The second-order valence-corrected chi connectivity index (χ2v) is 9.27. The molecule has 0 saturated heterocycles. The van der Waals surface area contributed by atoms with Gasteiger partial charge in [0, 0.05) is 44.4 Å². The van der Waals surface area contributed by atoms with E-state index in [0.717, 1.165) is 12.8 Å². The molecule has 1 saturated carbocycles. The average molecular weight is 508 g/mol. The summed E-state index contributed by atoms with van der Waals surface area (Å²) in [6.07, 6.45) is 6.36. The second-order valence-electron chi connectivity index (χ2n) is 9.27. The van der Waals surface area contributed by atoms with Crippen molar-refractivity contribution < 1.29 is 14.0 Å². The lowest BCUT2D eigenvalue weighted by Crippen LogP contribution is -2.51. The number of halogens is 1. The Balaban J connectivity index is 1.50. The monoisotopic (exact) mass is 507 g/mol. The van der Waals surface area contributed by atoms with Crippen molar-refractivity contribution in [2.75, 3.05) is 45.4 Å². The van der Waals surface area contributed by atoms with Crippen LogP contribution in [0.1, 0.15) is 25.3 Å². The fourth-order valence-electron chi connectivity index (χ4n) is 3.62. The number of benzene rings is 1. The number of carbonyl (C=O) groups excluding carboxylic acids is 2. The Labute approximate surface area is 217 Å². The molecule has 0 unspecified atom stereocenters. The molecule has 1 fully saturated rings. The standard InChI is InChI=1S/C27H34FN7O2/c1-18(35(5)24(36)10-7-13-34(3)4)26(37)31-23-14-19(15-23)11-12-20-17-30-27(33-25(20)29-2)32-22-9-6-8-21(28)16-22/h6-10,16-19,23H,13-15H2,1-5H3,(H,31,37)(H2,29,30,32,33)/b10-7+/t18-,19?,23?/m0/s1. The van der Waals surface area contributed by atoms with Gasteiger partial charge in [-0.25, -0.2) is 9.37 Å². The first-order valence-corrected chi connectivity index (χ1v) is 12.1. The van der Waals surface area contributed by atoms with Crippen LogP contribution >= 0.6 is 0 Å². The Morgan fingerprint density at radius 2 is 2.03 bits per heavy atom. The number of carbonyl (C=O) groups is 2. The van der Waals surface area contributed by atoms with Crippen molar-refractivity contribution in [3.05, 3.63) is 54.0 Å². The maximum absolute atomic E-state index is 13.4. The quantitative estimate of drug-likeness (QED) is 0.354. The van der Waals surface area contributed by atoms with Crippen molar-refractivity contribution in [2.24, 2.45) is 5.92 Å². The van der Waals surface area contributed by atoms with E-state index in [-0.39, 0.29) is 29.6 Å². The number of hydrogen-bond acceptors (Lipinski definition) is 7. The van der Waals surface area contributed by atoms with E-state index in [1.807, 2.05) is 19.0 Å². The van der Waals surface area contributed by atoms with E-state index >= 15 is 0 Å². The van der Waals surface area contributed by atoms with E-state index in [0.29, 0.717) is 29.6 Å². The molecule has 1 aromatic heterocycles. The molecule has 10 heteroatoms. The van der Waals surface area contributed by atoms with Gasteiger partial charge in [0.2, 0.25) is 17.8 Å². The van der Waals surface area contributed by atoms with Gasteiger partial charge in [-0.1, -0.05) is 24.0 Å². The molecule has 3 rings (SSSR count). The van der Waals surface area contributed by atoms with E-state index in [4.69, 9.17) is 0 Å². The van der Waals surface area contributed by atoms with Gasteiger partial charge in [0.1, 0.15) is 17.7 Å². The van der Waals surface area contributed by atoms with Gasteiger partial charge in [0.15, 0.2) is 0 Å². The van der Waals surface area contributed by atoms with Gasteiger partial charge in [-0.3, -0.25) is 9.59 Å². The number of nitrogens with zero attached hydrogens (tertiary/aromatic N) is 4. The van der Waals surface area contributed by atoms with Crippen molar-refractivity contribution in [3.8, 4) is 11.8 Å². The van der Waals surface area contributed by atoms with Gasteiger partial charge in [0.05, 0.1) is 11.8 Å². The van der Waals surface area contributed by atoms with Crippen LogP contribution < -0.4 is 16.0 Å². The molecule has 0 radical (unpaired) electrons. The maximum Gasteiger partial charge on any atom is 0.246 e. The zero-order chi connectivity index (χ0) is 26.9. The fourth-order valence-corrected chi connectivity index (χ4v) is 3.62. The molecule has 2 amide bonds. The number of rotatable bonds is 9. The molecule has 0 bridgehead atoms. The Morgan fingerprint density at radius 3 is 2.70 bits per heavy atom. The van der Waals surface area contributed by atoms with Gasteiger partial charge < -0.3 is 25.8 Å². The van der Waals surface area contributed by atoms with Gasteiger partial charge in [-0.2, -0.15) is 4.98 Å². The number of aromatic nitrogens is 2. The van der Waals surface area contributed by atoms with Crippen LogP contribution in [0.2, 0.25) is 0 Å². The SMILES string of the molecule is CNc1nc(Nc2cccc(F)c2)ncc1C#CC1CC(NC(=O)[C@H](C)N(C)C(=O)/C=C/CN(C)C)C1. The predicted molar refractivity (Wildman–Crippen MR) is 143 cm³/mol. The Hall–Kier alpha value is -3.97. The molecular weight excluding hydrogens is 473 g/mol. The van der Waals surface area contributed by atoms with Crippen LogP contribution in [0.15, 0.2) is 42.6 Å². The molecular formula is C27H34FN7O2. The molecule has 0 spiro atoms. The van der Waals surface area contributed by atoms with Crippen molar-refractivity contribution >= 4 is 29.3 Å². The van der Waals surface area contributed by atoms with Gasteiger partial charge in [0.25, 0.3) is 0 Å². The lowest BCUT2D eigenvalue weighted by Gasteiger charge is -2.34. The summed E-state index contributed by atoms with van der Waals surface area (Å²) in [5, 5.41) is 9.00. The second kappa shape index (κ2) is 12.8. The van der Waals surface area contributed by atoms with Crippen molar-refractivity contribution in [2.45, 2.75) is 31.8 Å². The van der Waals surface area contributed by atoms with Crippen LogP contribution in [0.4, 0.5) is 21.8 Å². The number of anilines is 3. The van der Waals surface area contributed by atoms with E-state index in [1.54, 1.807) is 45.4 Å². The van der Waals surface area contributed by atoms with E-state index in [1.165, 1.54) is 23.1 Å². The normalized spacial score (nSPS) is 17.4. The first-order valence-electron chi connectivity index (χ1n) is 12.1. The summed E-state index contributed by atoms with van der Waals surface area (Å²) in [7, 11) is 7.21. The Morgan fingerprint density at radius 1 is 1.27 bits per heavy atom. The predicted octanol–water partition coefficient (Wildman–Crippen LogP) is 2.61. The van der Waals surface area contributed by atoms with Crippen LogP contribution in [0.3, 0.4) is 0 Å². The molecule has 9 nitrogen and oxygen atoms in total. The van der Waals surface area contributed by atoms with Gasteiger partial charge in [-0.15, -0.1) is 0 Å². The molecule has 2 aromatic rings. The topological polar surface area (TPSA) is 102 Å². The zero-order valence-electron chi connectivity index (χ0n) is 21.9. The minimum absolute atomic E-state index is 0.0277. The third kappa shape index (κ3) is 8.02. The number of nitrogens with one attached hydrogen (secondary N) is 3. The number of likely N-dealkylation sites (N-methyl/N-ethyl adjacent to an activating group) is 2. The molecule has 3 N–H and O–H groups in total. The fraction of sp³-hybridized carbons (Fsp3) is 0.407. The Kier molecular flexibility index (Phi) is 9.57. The summed E-state index contributed by atoms with van der Waals surface area (Å²) < 4.78 is 13.4. The molecule has 1 heterocycles. The third-order valence-corrected chi connectivity index (χ3v) is 6.04. The molecule has 0 aliphatic heterocycles. The summed E-state index contributed by atoms with van der Waals surface area (Å²) in [6.45, 7) is 2.37. The van der Waals surface area contributed by atoms with E-state index in [9.17, 15) is 14.0 Å². The summed E-state index contributed by atoms with van der Waals surface area (Å²) in [5.74, 6) is 6.65. The molecule has 1 aromatic carbocycles. The smallest absolute Gasteiger partial charge is 0.246 e. The maximum atomic E-state index is 13.4. The minimum atomic E-state index is -0.573. The highest BCUT2D eigenvalue weighted by atomic mass is 19.1. The number of amides is 2. The lowest BCUT2D eigenvalue weighted by atomic mass is 9.80. The van der Waals surface area contributed by atoms with Crippen LogP contribution in [-0.2, 0) is 9.59 Å². The highest BCUT2D eigenvalue weighted by Crippen LogP contribution is 2.27. The first kappa shape index (κ1) is 27.6. The first-order chi connectivity index (χ1) is 17.7. The molecule has 1 aliphatic carbocycles. The van der Waals surface area contributed by atoms with E-state index < -0.39 is 6.04 Å². The molecule has 196 valence electrons. The summed E-state index contributed by atoms with van der Waals surface area (Å²) in [4.78, 5) is 37.0. The summed E-state index contributed by atoms with van der Waals surface area (Å²) >= 11 is 0. The molecule has 37 heavy (non-hydrogen) atoms. The number of hydrogen-bond donors (Lipinski definition) is 3. The lowest BCUT2D eigenvalue weighted by molar-refractivity contribution is -0.135. The zero-order valence-corrected chi connectivity index (χ0v) is 21.9. The van der Waals surface area contributed by atoms with Crippen molar-refractivity contribution in [1.82, 2.24) is 25.1 Å². The van der Waals surface area contributed by atoms with Gasteiger partial charge >= 0.3 is 0 Å². The average Bonchev–Trinajstić information content (AvgIpc) is 2.84. The minimum Gasteiger partial charge on any atom is -0.372 e. The highest BCUT2D eigenvalue weighted by Gasteiger charge is 2.31. The largest absolute Gasteiger partial charge is 0.372 e. The van der Waals surface area contributed by atoms with Gasteiger partial charge in [-0.05, 0) is 52.1 Å². The third-order valence-electron chi connectivity index (χ3n) is 6.04. The van der Waals surface area contributed by atoms with E-state index in [2.05, 4.69) is 37.8 Å². The summed E-state index contributed by atoms with van der Waals surface area (Å²) in [5.41, 5.74) is 1.20. The molecule has 1 aliphatic rings. The van der Waals surface area contributed by atoms with Crippen LogP contribution in [0.25, 0.3) is 0 Å². The summed E-state index contributed by atoms with van der Waals surface area (Å²) in [6, 6.07) is 5.52. The van der Waals surface area contributed by atoms with Crippen LogP contribution in [0, 0.1) is 23.6 Å².